The molecule has 0 amide bonds. The van der Waals surface area contributed by atoms with Crippen molar-refractivity contribution in [1.29, 1.82) is 0 Å². The fourth-order valence-corrected chi connectivity index (χ4v) is 3.92. The highest BCUT2D eigenvalue weighted by Gasteiger charge is 2.45. The molecule has 2 aromatic rings. The van der Waals surface area contributed by atoms with Crippen LogP contribution in [0.1, 0.15) is 18.2 Å². The average molecular weight is 364 g/mol. The van der Waals surface area contributed by atoms with Crippen molar-refractivity contribution in [3.8, 4) is 0 Å². The van der Waals surface area contributed by atoms with Gasteiger partial charge < -0.3 is 0 Å². The Kier molecular flexibility index (Phi) is 3.93. The van der Waals surface area contributed by atoms with E-state index in [0.29, 0.717) is 0 Å². The van der Waals surface area contributed by atoms with Crippen LogP contribution in [-0.4, -0.2) is 28.2 Å². The zero-order valence-corrected chi connectivity index (χ0v) is 14.7. The van der Waals surface area contributed by atoms with Crippen LogP contribution in [0.25, 0.3) is 0 Å². The minimum Gasteiger partial charge on any atom is -0.296 e. The van der Waals surface area contributed by atoms with Crippen LogP contribution in [-0.2, 0) is 0 Å². The van der Waals surface area contributed by atoms with E-state index in [1.165, 1.54) is 5.56 Å². The van der Waals surface area contributed by atoms with Crippen LogP contribution in [0.15, 0.2) is 48.5 Å². The van der Waals surface area contributed by atoms with Crippen LogP contribution >= 0.6 is 35.4 Å². The van der Waals surface area contributed by atoms with Crippen LogP contribution in [0.5, 0.6) is 0 Å². The number of benzene rings is 2. The highest BCUT2D eigenvalue weighted by Crippen LogP contribution is 2.40. The smallest absolute Gasteiger partial charge is 0.192 e. The lowest BCUT2D eigenvalue weighted by atomic mass is 10.1. The molecule has 2 aromatic carbocycles. The van der Waals surface area contributed by atoms with E-state index in [-0.39, 0.29) is 6.17 Å². The van der Waals surface area contributed by atoms with E-state index in [1.54, 1.807) is 0 Å². The number of hydrogen-bond acceptors (Lipinski definition) is 2. The molecule has 4 rings (SSSR count). The van der Waals surface area contributed by atoms with Gasteiger partial charge in [0.1, 0.15) is 6.17 Å². The van der Waals surface area contributed by atoms with Gasteiger partial charge in [0, 0.05) is 28.8 Å². The van der Waals surface area contributed by atoms with Gasteiger partial charge in [-0.1, -0.05) is 35.3 Å². The second kappa shape index (κ2) is 5.95. The topological polar surface area (TPSA) is 9.72 Å². The molecule has 0 aromatic heterocycles. The number of anilines is 1. The van der Waals surface area contributed by atoms with E-state index in [2.05, 4.69) is 27.1 Å². The Hall–Kier alpha value is -1.33. The van der Waals surface area contributed by atoms with Gasteiger partial charge in [-0.05, 0) is 60.6 Å². The van der Waals surface area contributed by atoms with Crippen molar-refractivity contribution in [3.05, 3.63) is 64.1 Å². The van der Waals surface area contributed by atoms with E-state index in [9.17, 15) is 0 Å². The molecule has 3 nitrogen and oxygen atoms in total. The van der Waals surface area contributed by atoms with Gasteiger partial charge in [-0.15, -0.1) is 0 Å². The van der Waals surface area contributed by atoms with Gasteiger partial charge in [-0.2, -0.15) is 5.01 Å². The zero-order chi connectivity index (χ0) is 16.0. The molecule has 0 radical (unpaired) electrons. The molecule has 6 heteroatoms. The normalized spacial score (nSPS) is 21.1. The fraction of sp³-hybridized carbons (Fsp3) is 0.235. The zero-order valence-electron chi connectivity index (χ0n) is 12.3. The highest BCUT2D eigenvalue weighted by molar-refractivity contribution is 7.80. The summed E-state index contributed by atoms with van der Waals surface area (Å²) in [6, 6.07) is 15.8. The maximum Gasteiger partial charge on any atom is 0.192 e. The quantitative estimate of drug-likeness (QED) is 0.713. The predicted molar refractivity (Wildman–Crippen MR) is 98.8 cm³/mol. The molecule has 2 aliphatic rings. The largest absolute Gasteiger partial charge is 0.296 e. The van der Waals surface area contributed by atoms with Crippen molar-refractivity contribution < 1.29 is 0 Å². The van der Waals surface area contributed by atoms with Crippen LogP contribution < -0.4 is 4.90 Å². The Balaban J connectivity index is 1.79. The van der Waals surface area contributed by atoms with Crippen LogP contribution in [0.3, 0.4) is 0 Å². The Morgan fingerprint density at radius 1 is 0.870 bits per heavy atom. The summed E-state index contributed by atoms with van der Waals surface area (Å²) in [6.45, 7) is 1.96. The summed E-state index contributed by atoms with van der Waals surface area (Å²) in [5, 5.41) is 6.83. The lowest BCUT2D eigenvalue weighted by Crippen LogP contribution is -2.32. The SMILES string of the molecule is S=C1N(c2ccc(Cl)cc2)[C@@H](c2ccc(Cl)cc2)N2CCCN12. The molecule has 2 saturated heterocycles. The molecular weight excluding hydrogens is 349 g/mol. The first kappa shape index (κ1) is 15.2. The van der Waals surface area contributed by atoms with E-state index in [1.807, 2.05) is 36.4 Å². The molecule has 2 aliphatic heterocycles. The number of hydrazine groups is 1. The van der Waals surface area contributed by atoms with Crippen molar-refractivity contribution in [2.75, 3.05) is 18.0 Å². The van der Waals surface area contributed by atoms with E-state index >= 15 is 0 Å². The van der Waals surface area contributed by atoms with Gasteiger partial charge >= 0.3 is 0 Å². The molecule has 1 atom stereocenters. The molecule has 118 valence electrons. The number of fused-ring (bicyclic) bond motifs is 1. The number of thiocarbonyl (C=S) groups is 1. The molecule has 2 heterocycles. The molecular formula is C17H15Cl2N3S. The standard InChI is InChI=1S/C17H15Cl2N3S/c18-13-4-2-12(3-5-13)16-20-10-1-11-21(20)17(23)22(16)15-8-6-14(19)7-9-15/h2-9,16H,1,10-11H2/t16-/m0/s1. The second-order valence-electron chi connectivity index (χ2n) is 5.69. The van der Waals surface area contributed by atoms with Crippen molar-refractivity contribution in [1.82, 2.24) is 10.0 Å². The molecule has 0 bridgehead atoms. The van der Waals surface area contributed by atoms with Gasteiger partial charge in [-0.25, -0.2) is 0 Å². The Bertz CT molecular complexity index is 733. The number of hydrogen-bond donors (Lipinski definition) is 0. The third-order valence-corrected chi connectivity index (χ3v) is 5.21. The summed E-state index contributed by atoms with van der Waals surface area (Å²) >= 11 is 17.8. The summed E-state index contributed by atoms with van der Waals surface area (Å²) in [4.78, 5) is 2.19. The van der Waals surface area contributed by atoms with Crippen molar-refractivity contribution in [2.45, 2.75) is 12.6 Å². The van der Waals surface area contributed by atoms with Crippen LogP contribution in [0.4, 0.5) is 5.69 Å². The van der Waals surface area contributed by atoms with Gasteiger partial charge in [0.15, 0.2) is 5.11 Å². The minimum atomic E-state index is 0.0587. The summed E-state index contributed by atoms with van der Waals surface area (Å²) in [7, 11) is 0. The third kappa shape index (κ3) is 2.60. The summed E-state index contributed by atoms with van der Waals surface area (Å²) in [5.41, 5.74) is 2.23. The maximum atomic E-state index is 6.05. The first-order chi connectivity index (χ1) is 11.1. The predicted octanol–water partition coefficient (Wildman–Crippen LogP) is 4.72. The fourth-order valence-electron chi connectivity index (χ4n) is 3.26. The van der Waals surface area contributed by atoms with Gasteiger partial charge in [-0.3, -0.25) is 9.91 Å². The lowest BCUT2D eigenvalue weighted by Gasteiger charge is -2.28. The molecule has 0 aliphatic carbocycles. The van der Waals surface area contributed by atoms with E-state index < -0.39 is 0 Å². The summed E-state index contributed by atoms with van der Waals surface area (Å²) in [5.74, 6) is 0. The van der Waals surface area contributed by atoms with Gasteiger partial charge in [0.05, 0.1) is 0 Å². The van der Waals surface area contributed by atoms with Crippen molar-refractivity contribution >= 4 is 46.2 Å². The van der Waals surface area contributed by atoms with E-state index in [0.717, 1.165) is 40.4 Å². The summed E-state index contributed by atoms with van der Waals surface area (Å²) < 4.78 is 0. The minimum absolute atomic E-state index is 0.0587. The monoisotopic (exact) mass is 363 g/mol. The van der Waals surface area contributed by atoms with Crippen molar-refractivity contribution in [3.63, 3.8) is 0 Å². The van der Waals surface area contributed by atoms with E-state index in [4.69, 9.17) is 35.4 Å². The third-order valence-electron chi connectivity index (χ3n) is 4.29. The molecule has 23 heavy (non-hydrogen) atoms. The number of nitrogens with zero attached hydrogens (tertiary/aromatic N) is 3. The lowest BCUT2D eigenvalue weighted by molar-refractivity contribution is 0.0923. The second-order valence-corrected chi connectivity index (χ2v) is 6.93. The first-order valence-corrected chi connectivity index (χ1v) is 8.70. The first-order valence-electron chi connectivity index (χ1n) is 7.53. The summed E-state index contributed by atoms with van der Waals surface area (Å²) in [6.07, 6.45) is 1.18. The molecule has 0 spiro atoms. The molecule has 0 unspecified atom stereocenters. The average Bonchev–Trinajstić information content (AvgIpc) is 3.12. The maximum absolute atomic E-state index is 6.05. The van der Waals surface area contributed by atoms with Crippen LogP contribution in [0, 0.1) is 0 Å². The number of halogens is 2. The molecule has 2 fully saturated rings. The Labute approximate surface area is 151 Å². The molecule has 0 saturated carbocycles. The Morgan fingerprint density at radius 2 is 1.48 bits per heavy atom. The van der Waals surface area contributed by atoms with Gasteiger partial charge in [0.2, 0.25) is 0 Å². The van der Waals surface area contributed by atoms with Gasteiger partial charge in [0.25, 0.3) is 0 Å². The Morgan fingerprint density at radius 3 is 2.13 bits per heavy atom. The number of rotatable bonds is 2. The molecule has 0 N–H and O–H groups in total. The van der Waals surface area contributed by atoms with Crippen molar-refractivity contribution in [2.24, 2.45) is 0 Å². The highest BCUT2D eigenvalue weighted by atomic mass is 35.5. The van der Waals surface area contributed by atoms with Crippen LogP contribution in [0.2, 0.25) is 10.0 Å².